The summed E-state index contributed by atoms with van der Waals surface area (Å²) < 4.78 is 23.7. The second kappa shape index (κ2) is 34.6. The molecule has 1 fully saturated rings. The third-order valence-electron chi connectivity index (χ3n) is 9.89. The molecule has 0 unspecified atom stereocenters. The second-order valence-electron chi connectivity index (χ2n) is 15.4. The molecule has 16 heteroatoms. The van der Waals surface area contributed by atoms with E-state index in [1.807, 2.05) is 37.3 Å². The van der Waals surface area contributed by atoms with E-state index in [0.29, 0.717) is 32.1 Å². The van der Waals surface area contributed by atoms with Crippen LogP contribution < -0.4 is 0 Å². The van der Waals surface area contributed by atoms with E-state index in [2.05, 4.69) is 6.92 Å². The molecule has 0 aliphatic carbocycles. The highest BCUT2D eigenvalue weighted by atomic mass is 16.7. The van der Waals surface area contributed by atoms with Crippen molar-refractivity contribution in [1.29, 1.82) is 0 Å². The van der Waals surface area contributed by atoms with E-state index < -0.39 is 98.6 Å². The maximum Gasteiger partial charge on any atom is 0.303 e. The number of allylic oxidation sites excluding steroid dienone is 3. The molecule has 1 aliphatic heterocycles. The Morgan fingerprint density at radius 3 is 2.02 bits per heavy atom. The van der Waals surface area contributed by atoms with E-state index in [4.69, 9.17) is 34.3 Å². The maximum atomic E-state index is 11.5. The lowest BCUT2D eigenvalue weighted by Crippen LogP contribution is -2.59. The Kier molecular flexibility index (Phi) is 31.9. The van der Waals surface area contributed by atoms with Crippen LogP contribution >= 0.6 is 0 Å². The smallest absolute Gasteiger partial charge is 0.303 e. The van der Waals surface area contributed by atoms with E-state index >= 15 is 0 Å². The zero-order valence-corrected chi connectivity index (χ0v) is 36.1. The molecule has 16 nitrogen and oxygen atoms in total. The molecule has 0 amide bonds. The number of ether oxygens (including phenoxy) is 4. The Morgan fingerprint density at radius 1 is 0.689 bits per heavy atom. The predicted octanol–water partition coefficient (Wildman–Crippen LogP) is 3.62. The summed E-state index contributed by atoms with van der Waals surface area (Å²) in [6, 6.07) is 0. The number of carboxylic acids is 2. The zero-order valence-electron chi connectivity index (χ0n) is 36.1. The Bertz CT molecular complexity index is 1290. The molecule has 0 radical (unpaired) electrons. The number of aliphatic hydroxyl groups is 8. The molecule has 12 atom stereocenters. The van der Waals surface area contributed by atoms with Crippen LogP contribution in [0.25, 0.3) is 0 Å². The van der Waals surface area contributed by atoms with Crippen molar-refractivity contribution in [3.8, 4) is 0 Å². The lowest BCUT2D eigenvalue weighted by molar-refractivity contribution is -0.307. The van der Waals surface area contributed by atoms with Gasteiger partial charge in [0.05, 0.1) is 50.3 Å². The Labute approximate surface area is 361 Å². The van der Waals surface area contributed by atoms with Crippen molar-refractivity contribution in [2.24, 2.45) is 0 Å². The highest BCUT2D eigenvalue weighted by molar-refractivity contribution is 5.66. The number of hydrogen-bond donors (Lipinski definition) is 10. The molecule has 0 aromatic carbocycles. The summed E-state index contributed by atoms with van der Waals surface area (Å²) in [6.07, 6.45) is 11.4. The van der Waals surface area contributed by atoms with Crippen LogP contribution in [-0.2, 0) is 28.5 Å². The summed E-state index contributed by atoms with van der Waals surface area (Å²) in [5, 5.41) is 102. The molecule has 10 N–H and O–H groups in total. The van der Waals surface area contributed by atoms with Crippen LogP contribution in [0.15, 0.2) is 60.8 Å². The number of rotatable bonds is 36. The number of unbranched alkanes of at least 4 members (excludes halogenated alkanes) is 6. The summed E-state index contributed by atoms with van der Waals surface area (Å²) in [5.74, 6) is -1.82. The topological polar surface area (TPSA) is 273 Å². The average Bonchev–Trinajstić information content (AvgIpc) is 3.23. The van der Waals surface area contributed by atoms with Crippen molar-refractivity contribution in [3.63, 3.8) is 0 Å². The standard InChI is InChI=1S/C45H76O16/c1-3-5-7-9-10-14-21-35(49)38(60-37(22-15-8-6-4-2)36(50)27-25-32(47)19-17-18-24-41(53)54)28-26-34(20-13-11-12-16-23-40(51)52)58-31-39-42(55)43(56)44(57)45(61-39)59-30-33(48)29-46/h8,10-11,13-15,25-28,32-39,42-50,55-57H,3-7,9,12,16-24,29-31H2,1-2H3,(H,51,52)(H,53,54)/b13-11-,14-10-,15-8-,27-25+,28-26+/t32-,33-,34-,35-,36+,37-,38+,39-,42+,43+,44-,45-/m1/s1. The Morgan fingerprint density at radius 2 is 1.34 bits per heavy atom. The molecule has 352 valence electrons. The molecule has 0 aromatic heterocycles. The number of carbonyl (C=O) groups is 2. The van der Waals surface area contributed by atoms with Gasteiger partial charge in [-0.15, -0.1) is 0 Å². The summed E-state index contributed by atoms with van der Waals surface area (Å²) in [7, 11) is 0. The van der Waals surface area contributed by atoms with E-state index in [0.717, 1.165) is 38.5 Å². The van der Waals surface area contributed by atoms with Gasteiger partial charge in [0.25, 0.3) is 0 Å². The van der Waals surface area contributed by atoms with Gasteiger partial charge in [-0.3, -0.25) is 9.59 Å². The van der Waals surface area contributed by atoms with E-state index in [1.165, 1.54) is 12.2 Å². The van der Waals surface area contributed by atoms with Gasteiger partial charge < -0.3 is 70.0 Å². The molecule has 0 bridgehead atoms. The highest BCUT2D eigenvalue weighted by Crippen LogP contribution is 2.24. The van der Waals surface area contributed by atoms with E-state index in [-0.39, 0.29) is 38.7 Å². The van der Waals surface area contributed by atoms with Crippen LogP contribution in [0.2, 0.25) is 0 Å². The first-order valence-electron chi connectivity index (χ1n) is 21.9. The van der Waals surface area contributed by atoms with Crippen LogP contribution in [0.4, 0.5) is 0 Å². The number of aliphatic hydroxyl groups excluding tert-OH is 8. The highest BCUT2D eigenvalue weighted by Gasteiger charge is 2.44. The van der Waals surface area contributed by atoms with E-state index in [1.54, 1.807) is 18.2 Å². The molecule has 1 rings (SSSR count). The summed E-state index contributed by atoms with van der Waals surface area (Å²) in [6.45, 7) is 2.81. The number of carboxylic acid groups (broad SMARTS) is 2. The van der Waals surface area contributed by atoms with Gasteiger partial charge >= 0.3 is 11.9 Å². The molecule has 0 saturated carbocycles. The molecule has 1 aliphatic rings. The third kappa shape index (κ3) is 26.4. The van der Waals surface area contributed by atoms with Crippen molar-refractivity contribution in [1.82, 2.24) is 0 Å². The molecule has 1 heterocycles. The second-order valence-corrected chi connectivity index (χ2v) is 15.4. The third-order valence-corrected chi connectivity index (χ3v) is 9.89. The number of hydrogen-bond acceptors (Lipinski definition) is 14. The minimum absolute atomic E-state index is 0.000618. The van der Waals surface area contributed by atoms with Crippen LogP contribution in [0, 0.1) is 0 Å². The Balaban J connectivity index is 3.43. The quantitative estimate of drug-likeness (QED) is 0.0318. The fourth-order valence-electron chi connectivity index (χ4n) is 6.17. The molecular weight excluding hydrogens is 796 g/mol. The van der Waals surface area contributed by atoms with Crippen LogP contribution in [0.5, 0.6) is 0 Å². The molecule has 0 spiro atoms. The van der Waals surface area contributed by atoms with Crippen molar-refractivity contribution in [2.75, 3.05) is 19.8 Å². The van der Waals surface area contributed by atoms with Crippen LogP contribution in [-0.4, -0.2) is 156 Å². The Hall–Kier alpha value is -2.84. The normalized spacial score (nSPS) is 23.6. The van der Waals surface area contributed by atoms with E-state index in [9.17, 15) is 45.3 Å². The van der Waals surface area contributed by atoms with Crippen molar-refractivity contribution in [2.45, 2.75) is 190 Å². The molecule has 61 heavy (non-hydrogen) atoms. The van der Waals surface area contributed by atoms with Crippen molar-refractivity contribution >= 4 is 11.9 Å². The van der Waals surface area contributed by atoms with Crippen LogP contribution in [0.1, 0.15) is 117 Å². The van der Waals surface area contributed by atoms with Gasteiger partial charge in [0, 0.05) is 12.8 Å². The van der Waals surface area contributed by atoms with Gasteiger partial charge in [-0.1, -0.05) is 93.9 Å². The molecule has 1 saturated heterocycles. The van der Waals surface area contributed by atoms with Gasteiger partial charge in [0.1, 0.15) is 36.6 Å². The summed E-state index contributed by atoms with van der Waals surface area (Å²) in [5.41, 5.74) is 0. The van der Waals surface area contributed by atoms with Crippen molar-refractivity contribution in [3.05, 3.63) is 60.8 Å². The fourth-order valence-corrected chi connectivity index (χ4v) is 6.17. The molecular formula is C45H76O16. The first-order chi connectivity index (χ1) is 29.2. The molecule has 0 aromatic rings. The van der Waals surface area contributed by atoms with Gasteiger partial charge in [-0.05, 0) is 70.6 Å². The first kappa shape index (κ1) is 56.2. The minimum Gasteiger partial charge on any atom is -0.481 e. The SMILES string of the molecule is CCC/C=C\C[C@@H](O[C@@H](/C=C/[C@@H](C/C=C\CCCC(=O)O)OC[C@H]1O[C@@H](OC[C@H](O)CO)[C@H](O)[C@@H](O)[C@H]1O)[C@H](O)C/C=C\CCCCC)[C@@H](O)/C=C/[C@H](O)CCCCC(=O)O. The van der Waals surface area contributed by atoms with Gasteiger partial charge in [-0.25, -0.2) is 0 Å². The average molecular weight is 873 g/mol. The zero-order chi connectivity index (χ0) is 45.4. The summed E-state index contributed by atoms with van der Waals surface area (Å²) in [4.78, 5) is 21.8. The minimum atomic E-state index is -1.69. The largest absolute Gasteiger partial charge is 0.481 e. The number of aliphatic carboxylic acids is 2. The predicted molar refractivity (Wildman–Crippen MR) is 228 cm³/mol. The monoisotopic (exact) mass is 873 g/mol. The van der Waals surface area contributed by atoms with Gasteiger partial charge in [-0.2, -0.15) is 0 Å². The maximum absolute atomic E-state index is 11.5. The first-order valence-corrected chi connectivity index (χ1v) is 21.9. The van der Waals surface area contributed by atoms with Gasteiger partial charge in [0.2, 0.25) is 0 Å². The van der Waals surface area contributed by atoms with Gasteiger partial charge in [0.15, 0.2) is 6.29 Å². The lowest BCUT2D eigenvalue weighted by atomic mass is 9.99. The van der Waals surface area contributed by atoms with Crippen LogP contribution in [0.3, 0.4) is 0 Å². The fraction of sp³-hybridized carbons (Fsp3) is 0.733. The lowest BCUT2D eigenvalue weighted by Gasteiger charge is -2.40. The summed E-state index contributed by atoms with van der Waals surface area (Å²) >= 11 is 0. The van der Waals surface area contributed by atoms with Crippen molar-refractivity contribution < 1.29 is 79.6 Å².